The molecular weight excluding hydrogens is 279 g/mol. The van der Waals surface area contributed by atoms with Gasteiger partial charge in [-0.1, -0.05) is 57.2 Å². The van der Waals surface area contributed by atoms with Gasteiger partial charge in [0, 0.05) is 7.43 Å². The molecule has 0 saturated heterocycles. The molecule has 0 aromatic rings. The van der Waals surface area contributed by atoms with Crippen molar-refractivity contribution in [2.75, 3.05) is 0 Å². The Kier molecular flexibility index (Phi) is 14.7. The van der Waals surface area contributed by atoms with E-state index >= 15 is 0 Å². The Hall–Kier alpha value is 0.827. The normalized spacial score (nSPS) is 11.8. The van der Waals surface area contributed by atoms with E-state index in [1.165, 1.54) is 44.9 Å². The molecule has 0 saturated carbocycles. The average molecular weight is 300 g/mol. The van der Waals surface area contributed by atoms with Gasteiger partial charge >= 0.3 is 6.00 Å². The van der Waals surface area contributed by atoms with E-state index in [0.717, 1.165) is 6.42 Å². The summed E-state index contributed by atoms with van der Waals surface area (Å²) in [5, 5.41) is 0. The number of halogens is 3. The fourth-order valence-electron chi connectivity index (χ4n) is 1.44. The highest BCUT2D eigenvalue weighted by Gasteiger charge is 2.19. The number of hydrogen-bond donors (Lipinski definition) is 0. The van der Waals surface area contributed by atoms with E-state index in [-0.39, 0.29) is 7.43 Å². The first kappa shape index (κ1) is 19.2. The first-order chi connectivity index (χ1) is 7.06. The first-order valence-electron chi connectivity index (χ1n) is 5.80. The van der Waals surface area contributed by atoms with Crippen LogP contribution in [0.4, 0.5) is 0 Å². The smallest absolute Gasteiger partial charge is 0.121 e. The van der Waals surface area contributed by atoms with E-state index in [9.17, 15) is 0 Å². The van der Waals surface area contributed by atoms with Crippen LogP contribution in [0.1, 0.15) is 58.3 Å². The van der Waals surface area contributed by atoms with E-state index in [1.54, 1.807) is 5.70 Å². The maximum absolute atomic E-state index is 5.71. The lowest BCUT2D eigenvalue weighted by atomic mass is 10.1. The Bertz CT molecular complexity index is 164. The van der Waals surface area contributed by atoms with Gasteiger partial charge in [0.25, 0.3) is 0 Å². The Morgan fingerprint density at radius 1 is 0.875 bits per heavy atom. The van der Waals surface area contributed by atoms with Gasteiger partial charge in [-0.2, -0.15) is 0 Å². The number of allylic oxidation sites excluding steroid dienone is 1. The summed E-state index contributed by atoms with van der Waals surface area (Å²) >= 11 is 17.1. The molecule has 0 unspecified atom stereocenters. The highest BCUT2D eigenvalue weighted by molar-refractivity contribution is 7.66. The summed E-state index contributed by atoms with van der Waals surface area (Å²) in [5.41, 5.74) is 1.77. The molecule has 0 aliphatic heterocycles. The van der Waals surface area contributed by atoms with Gasteiger partial charge in [0.2, 0.25) is 0 Å². The molecule has 0 aliphatic carbocycles. The predicted molar refractivity (Wildman–Crippen MR) is 78.3 cm³/mol. The maximum atomic E-state index is 5.71. The Morgan fingerprint density at radius 3 is 1.88 bits per heavy atom. The number of rotatable bonds is 9. The summed E-state index contributed by atoms with van der Waals surface area (Å²) in [5.74, 6) is 0. The van der Waals surface area contributed by atoms with E-state index in [4.69, 9.17) is 33.2 Å². The third kappa shape index (κ3) is 17.2. The lowest BCUT2D eigenvalue weighted by molar-refractivity contribution is 0.592. The summed E-state index contributed by atoms with van der Waals surface area (Å²) in [7, 11) is 0. The molecule has 0 bridgehead atoms. The summed E-state index contributed by atoms with van der Waals surface area (Å²) in [6.45, 7) is 2.24. The van der Waals surface area contributed by atoms with Crippen LogP contribution in [0.25, 0.3) is 0 Å². The van der Waals surface area contributed by atoms with Crippen molar-refractivity contribution < 1.29 is 0 Å². The Labute approximate surface area is 116 Å². The quantitative estimate of drug-likeness (QED) is 0.280. The van der Waals surface area contributed by atoms with Crippen LogP contribution in [0.15, 0.2) is 11.8 Å². The largest absolute Gasteiger partial charge is 0.365 e. The lowest BCUT2D eigenvalue weighted by Crippen LogP contribution is -2.02. The molecule has 0 spiro atoms. The van der Waals surface area contributed by atoms with Crippen molar-refractivity contribution >= 4 is 39.2 Å². The summed E-state index contributed by atoms with van der Waals surface area (Å²) < 4.78 is 0. The summed E-state index contributed by atoms with van der Waals surface area (Å²) in [6.07, 6.45) is 12.4. The highest BCUT2D eigenvalue weighted by Crippen LogP contribution is 2.21. The van der Waals surface area contributed by atoms with Gasteiger partial charge in [-0.15, -0.1) is 33.2 Å². The van der Waals surface area contributed by atoms with Crippen LogP contribution < -0.4 is 0 Å². The van der Waals surface area contributed by atoms with Gasteiger partial charge in [0.1, 0.15) is 0 Å². The second kappa shape index (κ2) is 12.3. The Balaban J connectivity index is 0. The SMILES string of the molecule is CCCCCCCCCC=C[Si](Cl)(Cl)Cl.[C]. The molecule has 0 aromatic heterocycles. The molecule has 0 heterocycles. The monoisotopic (exact) mass is 298 g/mol. The van der Waals surface area contributed by atoms with Gasteiger partial charge in [-0.3, -0.25) is 0 Å². The van der Waals surface area contributed by atoms with Crippen LogP contribution in [0.5, 0.6) is 0 Å². The molecule has 0 aliphatic rings. The Morgan fingerprint density at radius 2 is 1.38 bits per heavy atom. The second-order valence-electron chi connectivity index (χ2n) is 3.85. The van der Waals surface area contributed by atoms with E-state index in [1.807, 2.05) is 6.08 Å². The van der Waals surface area contributed by atoms with Crippen LogP contribution in [0.2, 0.25) is 0 Å². The molecule has 0 N–H and O–H groups in total. The average Bonchev–Trinajstić information content (AvgIpc) is 2.14. The molecule has 4 heteroatoms. The fraction of sp³-hybridized carbons (Fsp3) is 0.750. The van der Waals surface area contributed by atoms with E-state index in [2.05, 4.69) is 6.92 Å². The number of unbranched alkanes of at least 4 members (excludes halogenated alkanes) is 7. The molecule has 0 aromatic carbocycles. The second-order valence-corrected chi connectivity index (χ2v) is 12.4. The molecule has 4 radical (unpaired) electrons. The van der Waals surface area contributed by atoms with Crippen LogP contribution in [0, 0.1) is 7.43 Å². The van der Waals surface area contributed by atoms with Crippen molar-refractivity contribution in [3.63, 3.8) is 0 Å². The molecule has 0 fully saturated rings. The topological polar surface area (TPSA) is 0 Å². The van der Waals surface area contributed by atoms with Crippen LogP contribution in [0.3, 0.4) is 0 Å². The minimum absolute atomic E-state index is 0. The summed E-state index contributed by atoms with van der Waals surface area (Å²) in [4.78, 5) is 0. The van der Waals surface area contributed by atoms with Crippen molar-refractivity contribution in [2.24, 2.45) is 0 Å². The predicted octanol–water partition coefficient (Wildman–Crippen LogP) is 5.96. The van der Waals surface area contributed by atoms with Crippen LogP contribution in [-0.2, 0) is 0 Å². The summed E-state index contributed by atoms with van der Waals surface area (Å²) in [6, 6.07) is -2.51. The van der Waals surface area contributed by atoms with Gasteiger partial charge in [0.15, 0.2) is 0 Å². The molecule has 0 atom stereocenters. The molecule has 0 rings (SSSR count). The van der Waals surface area contributed by atoms with Crippen molar-refractivity contribution in [3.05, 3.63) is 19.2 Å². The third-order valence-corrected chi connectivity index (χ3v) is 4.03. The van der Waals surface area contributed by atoms with Gasteiger partial charge in [-0.05, 0) is 12.8 Å². The molecular formula is C12H21Cl3Si. The molecule has 94 valence electrons. The van der Waals surface area contributed by atoms with Crippen molar-refractivity contribution in [1.82, 2.24) is 0 Å². The zero-order valence-electron chi connectivity index (χ0n) is 9.95. The zero-order valence-corrected chi connectivity index (χ0v) is 13.2. The maximum Gasteiger partial charge on any atom is 0.365 e. The van der Waals surface area contributed by atoms with Crippen LogP contribution >= 0.6 is 33.2 Å². The third-order valence-electron chi connectivity index (χ3n) is 2.28. The van der Waals surface area contributed by atoms with Gasteiger partial charge in [-0.25, -0.2) is 0 Å². The highest BCUT2D eigenvalue weighted by atomic mass is 35.8. The van der Waals surface area contributed by atoms with Crippen LogP contribution in [-0.4, -0.2) is 6.00 Å². The molecule has 0 nitrogen and oxygen atoms in total. The first-order valence-corrected chi connectivity index (χ1v) is 10.9. The minimum Gasteiger partial charge on any atom is -0.121 e. The minimum atomic E-state index is -2.51. The zero-order chi connectivity index (χ0) is 11.6. The van der Waals surface area contributed by atoms with E-state index < -0.39 is 6.00 Å². The molecule has 16 heavy (non-hydrogen) atoms. The number of hydrogen-bond acceptors (Lipinski definition) is 0. The van der Waals surface area contributed by atoms with Crippen molar-refractivity contribution in [3.8, 4) is 0 Å². The molecule has 0 amide bonds. The van der Waals surface area contributed by atoms with Gasteiger partial charge in [0.05, 0.1) is 0 Å². The van der Waals surface area contributed by atoms with Crippen molar-refractivity contribution in [1.29, 1.82) is 0 Å². The van der Waals surface area contributed by atoms with Crippen molar-refractivity contribution in [2.45, 2.75) is 58.3 Å². The standard InChI is InChI=1S/C11H21Cl3Si.C/c1-2-3-4-5-6-7-8-9-10-11-15(12,13)14;/h10-11H,2-9H2,1H3;. The lowest BCUT2D eigenvalue weighted by Gasteiger charge is -2.00. The van der Waals surface area contributed by atoms with Gasteiger partial charge < -0.3 is 0 Å². The fourth-order valence-corrected chi connectivity index (χ4v) is 2.67. The van der Waals surface area contributed by atoms with E-state index in [0.29, 0.717) is 0 Å².